The van der Waals surface area contributed by atoms with Crippen molar-refractivity contribution in [3.63, 3.8) is 0 Å². The fourth-order valence-electron chi connectivity index (χ4n) is 1.35. The fraction of sp³-hybridized carbons (Fsp3) is 0.889. The van der Waals surface area contributed by atoms with Crippen LogP contribution in [-0.2, 0) is 4.79 Å². The van der Waals surface area contributed by atoms with Gasteiger partial charge in [-0.2, -0.15) is 0 Å². The van der Waals surface area contributed by atoms with Crippen LogP contribution in [0.5, 0.6) is 0 Å². The molecule has 0 bridgehead atoms. The lowest BCUT2D eigenvalue weighted by atomic mass is 9.81. The van der Waals surface area contributed by atoms with Crippen LogP contribution in [0.3, 0.4) is 0 Å². The first-order chi connectivity index (χ1) is 6.44. The van der Waals surface area contributed by atoms with Gasteiger partial charge < -0.3 is 10.6 Å². The third kappa shape index (κ3) is 2.90. The molecule has 1 unspecified atom stereocenters. The number of nitrogens with one attached hydrogen (secondary N) is 2. The summed E-state index contributed by atoms with van der Waals surface area (Å²) in [6.45, 7) is 2.40. The summed E-state index contributed by atoms with van der Waals surface area (Å²) in [6.07, 6.45) is -0.598. The van der Waals surface area contributed by atoms with Crippen LogP contribution in [0.25, 0.3) is 0 Å². The summed E-state index contributed by atoms with van der Waals surface area (Å²) in [5, 5.41) is 5.59. The summed E-state index contributed by atoms with van der Waals surface area (Å²) in [4.78, 5) is 11.3. The van der Waals surface area contributed by atoms with Gasteiger partial charge in [-0.05, 0) is 14.0 Å². The Hall–Kier alpha value is -0.710. The van der Waals surface area contributed by atoms with E-state index in [9.17, 15) is 13.6 Å². The van der Waals surface area contributed by atoms with E-state index in [1.807, 2.05) is 6.92 Å². The molecule has 5 heteroatoms. The van der Waals surface area contributed by atoms with Crippen LogP contribution in [0.4, 0.5) is 8.78 Å². The largest absolute Gasteiger partial charge is 0.354 e. The fourth-order valence-corrected chi connectivity index (χ4v) is 1.35. The zero-order chi connectivity index (χ0) is 10.8. The number of carbonyl (C=O) groups is 1. The standard InChI is InChI=1S/C9H16F2N2O/c1-6(12-2)5-13-8(14)7-3-9(10,11)4-7/h6-7,12H,3-5H2,1-2H3,(H,13,14). The minimum atomic E-state index is -2.61. The molecular weight excluding hydrogens is 190 g/mol. The summed E-state index contributed by atoms with van der Waals surface area (Å²) in [6, 6.07) is 0.166. The number of carbonyl (C=O) groups excluding carboxylic acids is 1. The van der Waals surface area contributed by atoms with Gasteiger partial charge >= 0.3 is 0 Å². The molecule has 2 N–H and O–H groups in total. The number of alkyl halides is 2. The third-order valence-corrected chi connectivity index (χ3v) is 2.54. The average Bonchev–Trinajstić information content (AvgIpc) is 2.09. The van der Waals surface area contributed by atoms with Crippen molar-refractivity contribution in [2.75, 3.05) is 13.6 Å². The first-order valence-corrected chi connectivity index (χ1v) is 4.77. The predicted molar refractivity (Wildman–Crippen MR) is 49.2 cm³/mol. The summed E-state index contributed by atoms with van der Waals surface area (Å²) in [5.74, 6) is -3.36. The van der Waals surface area contributed by atoms with E-state index in [1.165, 1.54) is 0 Å². The Balaban J connectivity index is 2.18. The zero-order valence-electron chi connectivity index (χ0n) is 8.44. The van der Waals surface area contributed by atoms with Crippen LogP contribution in [0.15, 0.2) is 0 Å². The Labute approximate surface area is 82.2 Å². The molecule has 0 saturated heterocycles. The molecule has 0 spiro atoms. The second kappa shape index (κ2) is 4.21. The average molecular weight is 206 g/mol. The van der Waals surface area contributed by atoms with E-state index in [0.29, 0.717) is 6.54 Å². The van der Waals surface area contributed by atoms with Crippen LogP contribution in [0.2, 0.25) is 0 Å². The maximum atomic E-state index is 12.4. The van der Waals surface area contributed by atoms with Crippen molar-refractivity contribution < 1.29 is 13.6 Å². The Morgan fingerprint density at radius 1 is 1.57 bits per heavy atom. The van der Waals surface area contributed by atoms with Crippen molar-refractivity contribution in [3.05, 3.63) is 0 Å². The molecule has 0 aromatic carbocycles. The van der Waals surface area contributed by atoms with Crippen LogP contribution in [0.1, 0.15) is 19.8 Å². The maximum Gasteiger partial charge on any atom is 0.249 e. The van der Waals surface area contributed by atoms with Gasteiger partial charge in [-0.3, -0.25) is 4.79 Å². The van der Waals surface area contributed by atoms with Crippen molar-refractivity contribution in [1.29, 1.82) is 0 Å². The summed E-state index contributed by atoms with van der Waals surface area (Å²) in [5.41, 5.74) is 0. The highest BCUT2D eigenvalue weighted by Crippen LogP contribution is 2.42. The van der Waals surface area contributed by atoms with Gasteiger partial charge in [0.25, 0.3) is 0 Å². The zero-order valence-corrected chi connectivity index (χ0v) is 8.44. The second-order valence-electron chi connectivity index (χ2n) is 3.90. The molecule has 0 aliphatic heterocycles. The first kappa shape index (κ1) is 11.4. The highest BCUT2D eigenvalue weighted by molar-refractivity contribution is 5.79. The molecule has 14 heavy (non-hydrogen) atoms. The van der Waals surface area contributed by atoms with E-state index < -0.39 is 11.8 Å². The van der Waals surface area contributed by atoms with E-state index in [0.717, 1.165) is 0 Å². The van der Waals surface area contributed by atoms with E-state index in [2.05, 4.69) is 10.6 Å². The SMILES string of the molecule is CNC(C)CNC(=O)C1CC(F)(F)C1. The molecule has 0 radical (unpaired) electrons. The molecule has 82 valence electrons. The predicted octanol–water partition coefficient (Wildman–Crippen LogP) is 0.756. The molecule has 3 nitrogen and oxygen atoms in total. The van der Waals surface area contributed by atoms with Crippen molar-refractivity contribution in [3.8, 4) is 0 Å². The number of rotatable bonds is 4. The normalized spacial score (nSPS) is 22.6. The molecule has 1 fully saturated rings. The van der Waals surface area contributed by atoms with Crippen LogP contribution in [0, 0.1) is 5.92 Å². The summed E-state index contributed by atoms with van der Waals surface area (Å²) >= 11 is 0. The quantitative estimate of drug-likeness (QED) is 0.713. The lowest BCUT2D eigenvalue weighted by molar-refractivity contribution is -0.150. The van der Waals surface area contributed by atoms with Crippen LogP contribution < -0.4 is 10.6 Å². The Bertz CT molecular complexity index is 213. The number of halogens is 2. The van der Waals surface area contributed by atoms with Gasteiger partial charge in [-0.1, -0.05) is 0 Å². The Morgan fingerprint density at radius 3 is 2.57 bits per heavy atom. The number of hydrogen-bond acceptors (Lipinski definition) is 2. The molecular formula is C9H16F2N2O. The highest BCUT2D eigenvalue weighted by Gasteiger charge is 2.48. The molecule has 0 aromatic heterocycles. The van der Waals surface area contributed by atoms with Crippen LogP contribution >= 0.6 is 0 Å². The van der Waals surface area contributed by atoms with Gasteiger partial charge in [0.1, 0.15) is 0 Å². The molecule has 1 atom stereocenters. The smallest absolute Gasteiger partial charge is 0.249 e. The summed E-state index contributed by atoms with van der Waals surface area (Å²) in [7, 11) is 1.79. The number of hydrogen-bond donors (Lipinski definition) is 2. The Kier molecular flexibility index (Phi) is 3.42. The van der Waals surface area contributed by atoms with Gasteiger partial charge in [0.05, 0.1) is 0 Å². The summed E-state index contributed by atoms with van der Waals surface area (Å²) < 4.78 is 24.8. The van der Waals surface area contributed by atoms with E-state index in [-0.39, 0.29) is 24.8 Å². The number of amides is 1. The van der Waals surface area contributed by atoms with Crippen molar-refractivity contribution >= 4 is 5.91 Å². The molecule has 1 aliphatic carbocycles. The van der Waals surface area contributed by atoms with Gasteiger partial charge in [0.2, 0.25) is 11.8 Å². The van der Waals surface area contributed by atoms with Crippen LogP contribution in [-0.4, -0.2) is 31.5 Å². The molecule has 1 amide bonds. The maximum absolute atomic E-state index is 12.4. The molecule has 1 rings (SSSR count). The van der Waals surface area contributed by atoms with Gasteiger partial charge in [-0.25, -0.2) is 8.78 Å². The lowest BCUT2D eigenvalue weighted by Crippen LogP contribution is -2.47. The molecule has 0 aromatic rings. The lowest BCUT2D eigenvalue weighted by Gasteiger charge is -2.33. The van der Waals surface area contributed by atoms with E-state index in [1.54, 1.807) is 7.05 Å². The molecule has 1 aliphatic rings. The van der Waals surface area contributed by atoms with Gasteiger partial charge in [0.15, 0.2) is 0 Å². The van der Waals surface area contributed by atoms with Gasteiger partial charge in [0, 0.05) is 31.3 Å². The van der Waals surface area contributed by atoms with E-state index in [4.69, 9.17) is 0 Å². The second-order valence-corrected chi connectivity index (χ2v) is 3.90. The topological polar surface area (TPSA) is 41.1 Å². The minimum absolute atomic E-state index is 0.166. The molecule has 1 saturated carbocycles. The van der Waals surface area contributed by atoms with E-state index >= 15 is 0 Å². The third-order valence-electron chi connectivity index (χ3n) is 2.54. The van der Waals surface area contributed by atoms with Crippen molar-refractivity contribution in [1.82, 2.24) is 10.6 Å². The van der Waals surface area contributed by atoms with Crippen molar-refractivity contribution in [2.24, 2.45) is 5.92 Å². The highest BCUT2D eigenvalue weighted by atomic mass is 19.3. The monoisotopic (exact) mass is 206 g/mol. The van der Waals surface area contributed by atoms with Gasteiger partial charge in [-0.15, -0.1) is 0 Å². The Morgan fingerprint density at radius 2 is 2.14 bits per heavy atom. The molecule has 0 heterocycles. The van der Waals surface area contributed by atoms with Crippen molar-refractivity contribution in [2.45, 2.75) is 31.7 Å². The number of likely N-dealkylation sites (N-methyl/N-ethyl adjacent to an activating group) is 1. The minimum Gasteiger partial charge on any atom is -0.354 e. The first-order valence-electron chi connectivity index (χ1n) is 4.77.